The SMILES string of the molecule is Cc1cc(S(=O)(=O)C2CC3(CCN(C)CC3)C2)ccc1Nc1ncc(C(F)(F)F)c(N2CCC(C)(O)CC2)n1. The summed E-state index contributed by atoms with van der Waals surface area (Å²) < 4.78 is 67.9. The van der Waals surface area contributed by atoms with Gasteiger partial charge < -0.3 is 20.2 Å². The van der Waals surface area contributed by atoms with E-state index in [9.17, 15) is 26.7 Å². The Balaban J connectivity index is 1.33. The van der Waals surface area contributed by atoms with Gasteiger partial charge in [0.1, 0.15) is 11.4 Å². The highest BCUT2D eigenvalue weighted by atomic mass is 32.2. The number of sulfone groups is 1. The van der Waals surface area contributed by atoms with Gasteiger partial charge in [-0.1, -0.05) is 0 Å². The summed E-state index contributed by atoms with van der Waals surface area (Å²) in [5, 5.41) is 12.8. The van der Waals surface area contributed by atoms with Crippen LogP contribution in [0.25, 0.3) is 0 Å². The van der Waals surface area contributed by atoms with Gasteiger partial charge in [-0.3, -0.25) is 0 Å². The normalized spacial score (nSPS) is 22.1. The summed E-state index contributed by atoms with van der Waals surface area (Å²) in [5.41, 5.74) is -0.571. The minimum Gasteiger partial charge on any atom is -0.390 e. The summed E-state index contributed by atoms with van der Waals surface area (Å²) in [4.78, 5) is 12.2. The number of hydrogen-bond donors (Lipinski definition) is 2. The fourth-order valence-electron chi connectivity index (χ4n) is 5.97. The highest BCUT2D eigenvalue weighted by Crippen LogP contribution is 2.52. The third kappa shape index (κ3) is 5.74. The molecule has 2 aliphatic heterocycles. The lowest BCUT2D eigenvalue weighted by Crippen LogP contribution is -2.50. The van der Waals surface area contributed by atoms with Gasteiger partial charge in [0.15, 0.2) is 9.84 Å². The Bertz CT molecular complexity index is 1320. The lowest BCUT2D eigenvalue weighted by Gasteiger charge is -2.51. The number of alkyl halides is 3. The lowest BCUT2D eigenvalue weighted by atomic mass is 9.63. The lowest BCUT2D eigenvalue weighted by molar-refractivity contribution is -0.137. The highest BCUT2D eigenvalue weighted by molar-refractivity contribution is 7.92. The van der Waals surface area contributed by atoms with Crippen LogP contribution in [0.2, 0.25) is 0 Å². The number of likely N-dealkylation sites (tertiary alicyclic amines) is 1. The highest BCUT2D eigenvalue weighted by Gasteiger charge is 2.50. The Morgan fingerprint density at radius 3 is 2.31 bits per heavy atom. The second-order valence-electron chi connectivity index (χ2n) is 11.9. The predicted octanol–water partition coefficient (Wildman–Crippen LogP) is 4.55. The van der Waals surface area contributed by atoms with E-state index in [2.05, 4.69) is 27.2 Å². The van der Waals surface area contributed by atoms with Crippen LogP contribution >= 0.6 is 0 Å². The van der Waals surface area contributed by atoms with Gasteiger partial charge in [0.05, 0.1) is 15.7 Å². The molecule has 1 saturated carbocycles. The average Bonchev–Trinajstić information content (AvgIpc) is 2.83. The average molecular weight is 568 g/mol. The smallest absolute Gasteiger partial charge is 0.390 e. The van der Waals surface area contributed by atoms with Crippen molar-refractivity contribution >= 4 is 27.3 Å². The quantitative estimate of drug-likeness (QED) is 0.543. The topological polar surface area (TPSA) is 98.7 Å². The Kier molecular flexibility index (Phi) is 7.12. The first-order valence-corrected chi connectivity index (χ1v) is 14.9. The molecule has 2 saturated heterocycles. The molecule has 3 aliphatic rings. The molecule has 0 unspecified atom stereocenters. The summed E-state index contributed by atoms with van der Waals surface area (Å²) in [7, 11) is -1.39. The molecular weight excluding hydrogens is 531 g/mol. The first-order valence-electron chi connectivity index (χ1n) is 13.4. The number of aliphatic hydroxyl groups is 1. The maximum Gasteiger partial charge on any atom is 0.421 e. The van der Waals surface area contributed by atoms with Crippen molar-refractivity contribution in [1.82, 2.24) is 14.9 Å². The van der Waals surface area contributed by atoms with E-state index >= 15 is 0 Å². The zero-order valence-electron chi connectivity index (χ0n) is 22.6. The van der Waals surface area contributed by atoms with Crippen LogP contribution in [0, 0.1) is 12.3 Å². The predicted molar refractivity (Wildman–Crippen MR) is 143 cm³/mol. The molecule has 0 amide bonds. The van der Waals surface area contributed by atoms with E-state index in [0.29, 0.717) is 36.9 Å². The van der Waals surface area contributed by atoms with E-state index in [4.69, 9.17) is 0 Å². The molecule has 2 N–H and O–H groups in total. The van der Waals surface area contributed by atoms with E-state index in [-0.39, 0.29) is 40.4 Å². The summed E-state index contributed by atoms with van der Waals surface area (Å²) in [6.45, 7) is 5.89. The molecule has 1 aromatic carbocycles. The van der Waals surface area contributed by atoms with Crippen LogP contribution in [0.5, 0.6) is 0 Å². The maximum absolute atomic E-state index is 13.7. The van der Waals surface area contributed by atoms with Gasteiger partial charge in [-0.25, -0.2) is 13.4 Å². The van der Waals surface area contributed by atoms with Crippen LogP contribution in [0.15, 0.2) is 29.3 Å². The third-order valence-corrected chi connectivity index (χ3v) is 10.9. The largest absolute Gasteiger partial charge is 0.421 e. The fourth-order valence-corrected chi connectivity index (χ4v) is 8.10. The molecule has 39 heavy (non-hydrogen) atoms. The molecule has 0 radical (unpaired) electrons. The van der Waals surface area contributed by atoms with E-state index in [0.717, 1.165) is 32.1 Å². The van der Waals surface area contributed by atoms with Crippen molar-refractivity contribution in [2.45, 2.75) is 74.3 Å². The van der Waals surface area contributed by atoms with Crippen molar-refractivity contribution in [2.75, 3.05) is 43.4 Å². The number of hydrogen-bond acceptors (Lipinski definition) is 8. The Labute approximate surface area is 227 Å². The summed E-state index contributed by atoms with van der Waals surface area (Å²) in [6.07, 6.45) is 0.226. The van der Waals surface area contributed by atoms with Crippen molar-refractivity contribution in [3.63, 3.8) is 0 Å². The molecule has 0 atom stereocenters. The van der Waals surface area contributed by atoms with Crippen molar-refractivity contribution in [3.05, 3.63) is 35.5 Å². The third-order valence-electron chi connectivity index (χ3n) is 8.79. The van der Waals surface area contributed by atoms with E-state index in [1.165, 1.54) is 4.90 Å². The number of piperidine rings is 2. The van der Waals surface area contributed by atoms with Gasteiger partial charge >= 0.3 is 6.18 Å². The van der Waals surface area contributed by atoms with Gasteiger partial charge in [0.2, 0.25) is 5.95 Å². The molecule has 0 bridgehead atoms. The summed E-state index contributed by atoms with van der Waals surface area (Å²) in [6, 6.07) is 4.77. The first kappa shape index (κ1) is 28.1. The molecule has 3 fully saturated rings. The molecule has 8 nitrogen and oxygen atoms in total. The number of aromatic nitrogens is 2. The minimum atomic E-state index is -4.63. The van der Waals surface area contributed by atoms with Gasteiger partial charge in [-0.15, -0.1) is 0 Å². The van der Waals surface area contributed by atoms with Gasteiger partial charge in [-0.2, -0.15) is 18.2 Å². The van der Waals surface area contributed by atoms with Gasteiger partial charge in [-0.05, 0) is 102 Å². The van der Waals surface area contributed by atoms with Crippen molar-refractivity contribution < 1.29 is 26.7 Å². The molecule has 2 aromatic rings. The van der Waals surface area contributed by atoms with E-state index in [1.54, 1.807) is 32.0 Å². The van der Waals surface area contributed by atoms with Crippen LogP contribution < -0.4 is 10.2 Å². The minimum absolute atomic E-state index is 0.0164. The zero-order valence-corrected chi connectivity index (χ0v) is 23.4. The van der Waals surface area contributed by atoms with Crippen LogP contribution in [-0.2, 0) is 16.0 Å². The Morgan fingerprint density at radius 1 is 1.08 bits per heavy atom. The second kappa shape index (κ2) is 9.88. The van der Waals surface area contributed by atoms with Gasteiger partial charge in [0, 0.05) is 25.0 Å². The monoisotopic (exact) mass is 567 g/mol. The Morgan fingerprint density at radius 2 is 1.72 bits per heavy atom. The van der Waals surface area contributed by atoms with Crippen molar-refractivity contribution in [3.8, 4) is 0 Å². The van der Waals surface area contributed by atoms with Crippen molar-refractivity contribution in [2.24, 2.45) is 5.41 Å². The van der Waals surface area contributed by atoms with E-state index in [1.807, 2.05) is 0 Å². The number of nitrogens with zero attached hydrogens (tertiary/aromatic N) is 4. The number of rotatable bonds is 5. The molecule has 3 heterocycles. The Hall–Kier alpha value is -2.44. The molecular formula is C27H36F3N5O3S. The standard InChI is InChI=1S/C27H36F3N5O3S/c1-18-14-19(39(37,38)20-15-26(16-20)8-10-34(3)11-9-26)4-5-22(18)32-24-31-17-21(27(28,29)30)23(33-24)35-12-6-25(2,36)7-13-35/h4-5,14,17,20,36H,6-13,15-16H2,1-3H3,(H,31,32,33). The number of nitrogens with one attached hydrogen (secondary N) is 1. The summed E-state index contributed by atoms with van der Waals surface area (Å²) >= 11 is 0. The molecule has 5 rings (SSSR count). The van der Waals surface area contributed by atoms with Gasteiger partial charge in [0.25, 0.3) is 0 Å². The number of halogens is 3. The molecule has 1 spiro atoms. The van der Waals surface area contributed by atoms with Crippen LogP contribution in [0.4, 0.5) is 30.6 Å². The zero-order chi connectivity index (χ0) is 28.2. The number of anilines is 3. The fraction of sp³-hybridized carbons (Fsp3) is 0.630. The number of benzene rings is 1. The molecule has 12 heteroatoms. The first-order chi connectivity index (χ1) is 18.2. The van der Waals surface area contributed by atoms with E-state index < -0.39 is 27.2 Å². The van der Waals surface area contributed by atoms with Crippen LogP contribution in [0.1, 0.15) is 56.6 Å². The molecule has 214 valence electrons. The molecule has 1 aliphatic carbocycles. The van der Waals surface area contributed by atoms with Crippen LogP contribution in [-0.4, -0.2) is 72.5 Å². The number of aryl methyl sites for hydroxylation is 1. The van der Waals surface area contributed by atoms with Crippen LogP contribution in [0.3, 0.4) is 0 Å². The van der Waals surface area contributed by atoms with Crippen molar-refractivity contribution in [1.29, 1.82) is 0 Å². The maximum atomic E-state index is 13.7. The molecule has 1 aromatic heterocycles. The second-order valence-corrected chi connectivity index (χ2v) is 14.1. The summed E-state index contributed by atoms with van der Waals surface area (Å²) in [5.74, 6) is -0.252.